The number of primary amides is 1. The second-order valence-corrected chi connectivity index (χ2v) is 10.7. The number of aryl methyl sites for hydroxylation is 2. The number of rotatable bonds is 7. The average Bonchev–Trinajstić information content (AvgIpc) is 3.15. The molecule has 4 rings (SSSR count). The van der Waals surface area contributed by atoms with Crippen molar-refractivity contribution in [3.05, 3.63) is 83.4 Å². The van der Waals surface area contributed by atoms with Crippen molar-refractivity contribution in [3.8, 4) is 10.6 Å². The third kappa shape index (κ3) is 4.81. The van der Waals surface area contributed by atoms with Crippen LogP contribution in [0.3, 0.4) is 0 Å². The third-order valence-electron chi connectivity index (χ3n) is 5.05. The first-order chi connectivity index (χ1) is 15.2. The van der Waals surface area contributed by atoms with E-state index in [0.717, 1.165) is 31.9 Å². The zero-order valence-corrected chi connectivity index (χ0v) is 19.4. The zero-order chi connectivity index (χ0) is 22.9. The highest BCUT2D eigenvalue weighted by Gasteiger charge is 2.25. The van der Waals surface area contributed by atoms with Gasteiger partial charge in [0.15, 0.2) is 0 Å². The van der Waals surface area contributed by atoms with Gasteiger partial charge in [-0.2, -0.15) is 0 Å². The molecule has 0 atom stereocenters. The maximum atomic E-state index is 12.9. The summed E-state index contributed by atoms with van der Waals surface area (Å²) in [4.78, 5) is 16.1. The Morgan fingerprint density at radius 2 is 1.62 bits per heavy atom. The molecule has 1 heterocycles. The Morgan fingerprint density at radius 3 is 2.28 bits per heavy atom. The molecule has 0 radical (unpaired) electrons. The van der Waals surface area contributed by atoms with Gasteiger partial charge in [0.25, 0.3) is 0 Å². The highest BCUT2D eigenvalue weighted by Crippen LogP contribution is 2.32. The molecule has 32 heavy (non-hydrogen) atoms. The van der Waals surface area contributed by atoms with Crippen LogP contribution in [0.25, 0.3) is 20.8 Å². The van der Waals surface area contributed by atoms with Gasteiger partial charge in [0, 0.05) is 5.56 Å². The molecule has 1 amide bonds. The van der Waals surface area contributed by atoms with E-state index >= 15 is 0 Å². The molecule has 0 fully saturated rings. The van der Waals surface area contributed by atoms with Crippen LogP contribution in [-0.2, 0) is 21.4 Å². The van der Waals surface area contributed by atoms with Gasteiger partial charge in [-0.05, 0) is 61.4 Å². The maximum Gasteiger partial charge on any atom is 0.244 e. The minimum Gasteiger partial charge on any atom is -0.369 e. The fourth-order valence-electron chi connectivity index (χ4n) is 3.39. The smallest absolute Gasteiger partial charge is 0.244 e. The molecule has 0 aliphatic rings. The van der Waals surface area contributed by atoms with Crippen molar-refractivity contribution in [2.45, 2.75) is 20.4 Å². The first-order valence-electron chi connectivity index (χ1n) is 10.0. The van der Waals surface area contributed by atoms with Crippen LogP contribution in [0.5, 0.6) is 0 Å². The Balaban J connectivity index is 1.68. The largest absolute Gasteiger partial charge is 0.369 e. The van der Waals surface area contributed by atoms with Crippen molar-refractivity contribution in [1.82, 2.24) is 4.98 Å². The standard InChI is InChI=1S/C24H23N3O3S2/c1-16-3-6-18(7-4-16)14-27(32(29,30)15-23(25)28)20-10-8-19(9-11-20)24-26-21-12-5-17(2)13-22(21)31-24/h3-13H,14-15H2,1-2H3,(H2,25,28). The number of carbonyl (C=O) groups is 1. The van der Waals surface area contributed by atoms with Crippen LogP contribution in [0.4, 0.5) is 5.69 Å². The Morgan fingerprint density at radius 1 is 0.969 bits per heavy atom. The number of thiazole rings is 1. The van der Waals surface area contributed by atoms with Crippen molar-refractivity contribution in [3.63, 3.8) is 0 Å². The van der Waals surface area contributed by atoms with Gasteiger partial charge in [0.1, 0.15) is 10.8 Å². The molecule has 1 aromatic heterocycles. The van der Waals surface area contributed by atoms with E-state index in [1.165, 1.54) is 9.87 Å². The number of fused-ring (bicyclic) bond motifs is 1. The molecular weight excluding hydrogens is 442 g/mol. The number of sulfonamides is 1. The number of nitrogens with two attached hydrogens (primary N) is 1. The number of carbonyl (C=O) groups excluding carboxylic acids is 1. The predicted molar refractivity (Wildman–Crippen MR) is 130 cm³/mol. The molecule has 2 N–H and O–H groups in total. The number of benzene rings is 3. The number of nitrogens with zero attached hydrogens (tertiary/aromatic N) is 2. The van der Waals surface area contributed by atoms with Gasteiger partial charge >= 0.3 is 0 Å². The second kappa shape index (κ2) is 8.72. The van der Waals surface area contributed by atoms with Crippen molar-refractivity contribution in [1.29, 1.82) is 0 Å². The van der Waals surface area contributed by atoms with Crippen molar-refractivity contribution in [2.24, 2.45) is 5.73 Å². The van der Waals surface area contributed by atoms with Gasteiger partial charge < -0.3 is 5.73 Å². The summed E-state index contributed by atoms with van der Waals surface area (Å²) in [6.07, 6.45) is 0. The molecule has 8 heteroatoms. The number of hydrogen-bond donors (Lipinski definition) is 1. The van der Waals surface area contributed by atoms with Crippen LogP contribution >= 0.6 is 11.3 Å². The van der Waals surface area contributed by atoms with Crippen molar-refractivity contribution >= 4 is 43.2 Å². The van der Waals surface area contributed by atoms with E-state index in [9.17, 15) is 13.2 Å². The number of anilines is 1. The van der Waals surface area contributed by atoms with Crippen LogP contribution in [0, 0.1) is 13.8 Å². The summed E-state index contributed by atoms with van der Waals surface area (Å²) in [5, 5.41) is 0.863. The minimum absolute atomic E-state index is 0.107. The van der Waals surface area contributed by atoms with Gasteiger partial charge in [0.2, 0.25) is 15.9 Å². The Labute approximate surface area is 191 Å². The third-order valence-corrected chi connectivity index (χ3v) is 7.78. The highest BCUT2D eigenvalue weighted by atomic mass is 32.2. The summed E-state index contributed by atoms with van der Waals surface area (Å²) >= 11 is 1.59. The second-order valence-electron chi connectivity index (χ2n) is 7.75. The van der Waals surface area contributed by atoms with Gasteiger partial charge in [0.05, 0.1) is 22.4 Å². The fraction of sp³-hybridized carbons (Fsp3) is 0.167. The van der Waals surface area contributed by atoms with Crippen LogP contribution in [-0.4, -0.2) is 25.1 Å². The van der Waals surface area contributed by atoms with E-state index in [4.69, 9.17) is 5.73 Å². The number of hydrogen-bond acceptors (Lipinski definition) is 5. The average molecular weight is 466 g/mol. The summed E-state index contributed by atoms with van der Waals surface area (Å²) in [6.45, 7) is 4.12. The number of amides is 1. The molecule has 0 aliphatic heterocycles. The predicted octanol–water partition coefficient (Wildman–Crippen LogP) is 4.40. The normalized spacial score (nSPS) is 11.6. The molecule has 0 bridgehead atoms. The van der Waals surface area contributed by atoms with Crippen molar-refractivity contribution < 1.29 is 13.2 Å². The Kier molecular flexibility index (Phi) is 5.99. The van der Waals surface area contributed by atoms with E-state index in [-0.39, 0.29) is 6.54 Å². The van der Waals surface area contributed by atoms with Crippen LogP contribution in [0.2, 0.25) is 0 Å². The van der Waals surface area contributed by atoms with Gasteiger partial charge in [-0.15, -0.1) is 11.3 Å². The summed E-state index contributed by atoms with van der Waals surface area (Å²) in [5.74, 6) is -1.64. The molecule has 0 saturated heterocycles. The van der Waals surface area contributed by atoms with Crippen LogP contribution in [0.15, 0.2) is 66.7 Å². The van der Waals surface area contributed by atoms with E-state index in [1.807, 2.05) is 62.4 Å². The molecule has 164 valence electrons. The fourth-order valence-corrected chi connectivity index (χ4v) is 5.77. The van der Waals surface area contributed by atoms with Gasteiger partial charge in [-0.3, -0.25) is 9.10 Å². The van der Waals surface area contributed by atoms with Crippen LogP contribution in [0.1, 0.15) is 16.7 Å². The molecule has 0 spiro atoms. The molecule has 3 aromatic carbocycles. The lowest BCUT2D eigenvalue weighted by Crippen LogP contribution is -2.37. The lowest BCUT2D eigenvalue weighted by molar-refractivity contribution is -0.115. The summed E-state index contributed by atoms with van der Waals surface area (Å²) in [7, 11) is -3.94. The van der Waals surface area contributed by atoms with E-state index < -0.39 is 21.7 Å². The first-order valence-corrected chi connectivity index (χ1v) is 12.5. The zero-order valence-electron chi connectivity index (χ0n) is 17.8. The topological polar surface area (TPSA) is 93.4 Å². The van der Waals surface area contributed by atoms with Gasteiger partial charge in [-0.1, -0.05) is 35.9 Å². The van der Waals surface area contributed by atoms with E-state index in [2.05, 4.69) is 11.1 Å². The SMILES string of the molecule is Cc1ccc(CN(c2ccc(-c3nc4ccc(C)cc4s3)cc2)S(=O)(=O)CC(N)=O)cc1. The number of aromatic nitrogens is 1. The summed E-state index contributed by atoms with van der Waals surface area (Å²) in [5.41, 5.74) is 10.6. The minimum atomic E-state index is -3.94. The van der Waals surface area contributed by atoms with Gasteiger partial charge in [-0.25, -0.2) is 13.4 Å². The Bertz CT molecular complexity index is 1380. The quantitative estimate of drug-likeness (QED) is 0.438. The maximum absolute atomic E-state index is 12.9. The van der Waals surface area contributed by atoms with Crippen molar-refractivity contribution in [2.75, 3.05) is 10.1 Å². The summed E-state index contributed by atoms with van der Waals surface area (Å²) in [6, 6.07) is 20.9. The summed E-state index contributed by atoms with van der Waals surface area (Å²) < 4.78 is 28.2. The molecule has 0 unspecified atom stereocenters. The lowest BCUT2D eigenvalue weighted by Gasteiger charge is -2.24. The van der Waals surface area contributed by atoms with Crippen LogP contribution < -0.4 is 10.0 Å². The molecule has 0 saturated carbocycles. The Hall–Kier alpha value is -3.23. The van der Waals surface area contributed by atoms with E-state index in [1.54, 1.807) is 23.5 Å². The van der Waals surface area contributed by atoms with E-state index in [0.29, 0.717) is 5.69 Å². The molecule has 6 nitrogen and oxygen atoms in total. The molecule has 4 aromatic rings. The highest BCUT2D eigenvalue weighted by molar-refractivity contribution is 7.93. The first kappa shape index (κ1) is 22.0. The monoisotopic (exact) mass is 465 g/mol. The molecular formula is C24H23N3O3S2. The lowest BCUT2D eigenvalue weighted by atomic mass is 10.1. The molecule has 0 aliphatic carbocycles.